The molecule has 1 fully saturated rings. The number of thiazole rings is 1. The summed E-state index contributed by atoms with van der Waals surface area (Å²) in [7, 11) is 0. The number of fused-ring (bicyclic) bond motifs is 1. The van der Waals surface area contributed by atoms with Crippen molar-refractivity contribution in [1.29, 1.82) is 0 Å². The summed E-state index contributed by atoms with van der Waals surface area (Å²) < 4.78 is 0.675. The van der Waals surface area contributed by atoms with Crippen LogP contribution in [0.5, 0.6) is 0 Å². The van der Waals surface area contributed by atoms with Crippen molar-refractivity contribution in [3.05, 3.63) is 27.9 Å². The molecule has 1 unspecified atom stereocenters. The summed E-state index contributed by atoms with van der Waals surface area (Å²) in [5.74, 6) is -3.35. The zero-order valence-corrected chi connectivity index (χ0v) is 20.6. The van der Waals surface area contributed by atoms with Crippen molar-refractivity contribution < 1.29 is 34.2 Å². The molecule has 1 saturated heterocycles. The van der Waals surface area contributed by atoms with Crippen molar-refractivity contribution in [2.24, 2.45) is 5.16 Å². The maximum atomic E-state index is 12.9. The Balaban J connectivity index is 1.49. The Morgan fingerprint density at radius 3 is 2.77 bits per heavy atom. The first-order chi connectivity index (χ1) is 16.8. The highest BCUT2D eigenvalue weighted by Gasteiger charge is 2.54. The molecular weight excluding hydrogens is 542 g/mol. The Bertz CT molecular complexity index is 1230. The average molecular weight is 558 g/mol. The molecule has 0 bridgehead atoms. The molecular formula is C17H15N7O7S4. The number of nitrogens with one attached hydrogen (secondary N) is 1. The largest absolute Gasteiger partial charge is 0.479 e. The van der Waals surface area contributed by atoms with Gasteiger partial charge < -0.3 is 26.1 Å². The molecule has 0 saturated carbocycles. The van der Waals surface area contributed by atoms with Crippen LogP contribution in [0, 0.1) is 0 Å². The van der Waals surface area contributed by atoms with Crippen LogP contribution in [0.1, 0.15) is 5.69 Å². The number of thioether (sulfide) groups is 2. The van der Waals surface area contributed by atoms with Gasteiger partial charge in [-0.25, -0.2) is 14.6 Å². The molecule has 14 nitrogen and oxygen atoms in total. The second kappa shape index (κ2) is 10.6. The molecule has 35 heavy (non-hydrogen) atoms. The summed E-state index contributed by atoms with van der Waals surface area (Å²) >= 11 is 4.98. The molecule has 2 atom stereocenters. The van der Waals surface area contributed by atoms with Crippen LogP contribution in [-0.4, -0.2) is 89.3 Å². The Kier molecular flexibility index (Phi) is 7.53. The van der Waals surface area contributed by atoms with Crippen LogP contribution >= 0.6 is 46.2 Å². The number of hydrogen-bond donors (Lipinski definition) is 4. The fraction of sp³-hybridized carbons (Fsp3) is 0.294. The van der Waals surface area contributed by atoms with E-state index in [1.54, 1.807) is 5.51 Å². The van der Waals surface area contributed by atoms with Gasteiger partial charge in [-0.05, 0) is 5.57 Å². The highest BCUT2D eigenvalue weighted by molar-refractivity contribution is 8.01. The highest BCUT2D eigenvalue weighted by atomic mass is 32.2. The van der Waals surface area contributed by atoms with E-state index in [-0.39, 0.29) is 22.2 Å². The summed E-state index contributed by atoms with van der Waals surface area (Å²) in [5, 5.41) is 33.2. The number of rotatable bonds is 10. The van der Waals surface area contributed by atoms with Crippen molar-refractivity contribution in [3.8, 4) is 0 Å². The zero-order chi connectivity index (χ0) is 25.1. The normalized spacial score (nSPS) is 19.7. The second-order valence-corrected chi connectivity index (χ2v) is 10.8. The van der Waals surface area contributed by atoms with Gasteiger partial charge in [0.15, 0.2) is 15.2 Å². The number of oxime groups is 1. The maximum Gasteiger partial charge on any atom is 0.352 e. The number of amides is 2. The molecule has 0 aromatic carbocycles. The number of carbonyl (C=O) groups is 4. The van der Waals surface area contributed by atoms with Gasteiger partial charge >= 0.3 is 11.9 Å². The van der Waals surface area contributed by atoms with Gasteiger partial charge in [0, 0.05) is 16.9 Å². The van der Waals surface area contributed by atoms with Crippen LogP contribution < -0.4 is 11.1 Å². The van der Waals surface area contributed by atoms with E-state index in [4.69, 9.17) is 10.8 Å². The average Bonchev–Trinajstić information content (AvgIpc) is 3.49. The molecule has 2 amide bonds. The third-order valence-corrected chi connectivity index (χ3v) is 8.53. The minimum absolute atomic E-state index is 0.0393. The minimum atomic E-state index is -1.30. The minimum Gasteiger partial charge on any atom is -0.479 e. The lowest BCUT2D eigenvalue weighted by Crippen LogP contribution is -2.71. The summed E-state index contributed by atoms with van der Waals surface area (Å²) in [6, 6.07) is -1.03. The van der Waals surface area contributed by atoms with Gasteiger partial charge in [-0.1, -0.05) is 28.3 Å². The van der Waals surface area contributed by atoms with E-state index >= 15 is 0 Å². The van der Waals surface area contributed by atoms with Gasteiger partial charge in [-0.2, -0.15) is 0 Å². The smallest absolute Gasteiger partial charge is 0.352 e. The van der Waals surface area contributed by atoms with Crippen molar-refractivity contribution in [1.82, 2.24) is 25.4 Å². The fourth-order valence-corrected chi connectivity index (χ4v) is 6.65. The molecule has 0 radical (unpaired) electrons. The number of aromatic nitrogens is 3. The van der Waals surface area contributed by atoms with Crippen molar-refractivity contribution in [2.75, 3.05) is 23.8 Å². The molecule has 5 N–H and O–H groups in total. The Morgan fingerprint density at radius 2 is 2.14 bits per heavy atom. The van der Waals surface area contributed by atoms with Gasteiger partial charge in [-0.15, -0.1) is 33.3 Å². The van der Waals surface area contributed by atoms with Crippen LogP contribution in [0.25, 0.3) is 0 Å². The molecule has 0 spiro atoms. The number of nitrogens with two attached hydrogens (primary N) is 1. The predicted octanol–water partition coefficient (Wildman–Crippen LogP) is -0.0870. The number of nitrogen functional groups attached to an aromatic ring is 1. The van der Waals surface area contributed by atoms with Crippen molar-refractivity contribution >= 4 is 80.8 Å². The van der Waals surface area contributed by atoms with Crippen molar-refractivity contribution in [2.45, 2.75) is 15.8 Å². The lowest BCUT2D eigenvalue weighted by atomic mass is 10.0. The molecule has 4 rings (SSSR count). The number of carboxylic acid groups (broad SMARTS) is 2. The van der Waals surface area contributed by atoms with Crippen LogP contribution in [0.4, 0.5) is 5.13 Å². The molecule has 2 aromatic heterocycles. The summed E-state index contributed by atoms with van der Waals surface area (Å²) in [5.41, 5.74) is 7.28. The first kappa shape index (κ1) is 24.9. The number of β-lactam (4-membered cyclic amide) rings is 1. The van der Waals surface area contributed by atoms with Gasteiger partial charge in [0.2, 0.25) is 6.61 Å². The summed E-state index contributed by atoms with van der Waals surface area (Å²) in [6.45, 7) is -0.796. The number of carbonyl (C=O) groups excluding carboxylic acids is 2. The van der Waals surface area contributed by atoms with E-state index in [1.807, 2.05) is 0 Å². The zero-order valence-electron chi connectivity index (χ0n) is 17.3. The predicted molar refractivity (Wildman–Crippen MR) is 127 cm³/mol. The number of aliphatic carboxylic acids is 2. The first-order valence-electron chi connectivity index (χ1n) is 9.49. The van der Waals surface area contributed by atoms with E-state index in [9.17, 15) is 24.3 Å². The molecule has 18 heteroatoms. The Morgan fingerprint density at radius 1 is 1.34 bits per heavy atom. The van der Waals surface area contributed by atoms with Gasteiger partial charge in [0.1, 0.15) is 28.3 Å². The first-order valence-corrected chi connectivity index (χ1v) is 13.3. The fourth-order valence-electron chi connectivity index (χ4n) is 3.13. The SMILES string of the molecule is Nc1nc(C(=NOCC(=O)O)C(=O)NC2C(=O)N3C(C(=O)O)=C(CSc4nncs4)CS[C@@H]23)cs1. The lowest BCUT2D eigenvalue weighted by molar-refractivity contribution is -0.150. The molecule has 2 aromatic rings. The van der Waals surface area contributed by atoms with E-state index in [0.29, 0.717) is 21.4 Å². The Labute approximate surface area is 212 Å². The third kappa shape index (κ3) is 5.39. The Hall–Kier alpha value is -3.22. The van der Waals surface area contributed by atoms with Gasteiger partial charge in [0.25, 0.3) is 11.8 Å². The maximum absolute atomic E-state index is 12.9. The lowest BCUT2D eigenvalue weighted by Gasteiger charge is -2.49. The summed E-state index contributed by atoms with van der Waals surface area (Å²) in [6.07, 6.45) is 0. The summed E-state index contributed by atoms with van der Waals surface area (Å²) in [4.78, 5) is 58.2. The molecule has 184 valence electrons. The molecule has 2 aliphatic rings. The van der Waals surface area contributed by atoms with Crippen LogP contribution in [0.15, 0.2) is 31.7 Å². The van der Waals surface area contributed by atoms with E-state index in [0.717, 1.165) is 16.2 Å². The van der Waals surface area contributed by atoms with E-state index in [2.05, 4.69) is 30.5 Å². The monoisotopic (exact) mass is 557 g/mol. The standard InChI is InChI=1S/C17H15N7O7S4/c18-16-20-7(4-33-16)9(23-31-1-8(25)26)12(27)21-10-13(28)24-11(15(29)30)6(2-32-14(10)24)3-34-17-22-19-5-35-17/h4-5,10,14H,1-3H2,(H2,18,20)(H,21,27)(H,25,26)(H,29,30)/t10?,14-/m0/s1. The number of hydrogen-bond acceptors (Lipinski definition) is 14. The number of nitrogens with zero attached hydrogens (tertiary/aromatic N) is 5. The molecule has 0 aliphatic carbocycles. The van der Waals surface area contributed by atoms with Crippen molar-refractivity contribution in [3.63, 3.8) is 0 Å². The van der Waals surface area contributed by atoms with E-state index < -0.39 is 41.8 Å². The second-order valence-electron chi connectivity index (χ2n) is 6.79. The molecule has 4 heterocycles. The van der Waals surface area contributed by atoms with Crippen LogP contribution in [-0.2, 0) is 24.0 Å². The third-order valence-electron chi connectivity index (χ3n) is 4.57. The van der Waals surface area contributed by atoms with Crippen LogP contribution in [0.3, 0.4) is 0 Å². The van der Waals surface area contributed by atoms with Crippen LogP contribution in [0.2, 0.25) is 0 Å². The van der Waals surface area contributed by atoms with E-state index in [1.165, 1.54) is 40.2 Å². The number of carboxylic acids is 2. The topological polar surface area (TPSA) is 210 Å². The van der Waals surface area contributed by atoms with Gasteiger partial charge in [0.05, 0.1) is 0 Å². The highest BCUT2D eigenvalue weighted by Crippen LogP contribution is 2.41. The number of anilines is 1. The van der Waals surface area contributed by atoms with Gasteiger partial charge in [-0.3, -0.25) is 14.5 Å². The molecule has 2 aliphatic heterocycles. The quantitative estimate of drug-likeness (QED) is 0.130.